The minimum atomic E-state index is -0.206. The van der Waals surface area contributed by atoms with Crippen molar-refractivity contribution < 1.29 is 9.63 Å². The van der Waals surface area contributed by atoms with Crippen LogP contribution in [0.15, 0.2) is 72.3 Å². The van der Waals surface area contributed by atoms with E-state index in [-0.39, 0.29) is 5.91 Å². The Hall–Kier alpha value is -4.87. The highest BCUT2D eigenvalue weighted by Crippen LogP contribution is 2.17. The van der Waals surface area contributed by atoms with E-state index in [4.69, 9.17) is 10.4 Å². The molecule has 0 aliphatic rings. The van der Waals surface area contributed by atoms with Gasteiger partial charge in [-0.15, -0.1) is 15.4 Å². The summed E-state index contributed by atoms with van der Waals surface area (Å²) in [6.45, 7) is 0.742. The molecule has 0 unspecified atom stereocenters. The summed E-state index contributed by atoms with van der Waals surface area (Å²) < 4.78 is 1.86. The lowest BCUT2D eigenvalue weighted by atomic mass is 10.1. The summed E-state index contributed by atoms with van der Waals surface area (Å²) in [6, 6.07) is 16.2. The number of carbonyl (C=O) groups excluding carboxylic acids is 1. The Morgan fingerprint density at radius 3 is 2.80 bits per heavy atom. The fourth-order valence-electron chi connectivity index (χ4n) is 3.28. The SMILES string of the molecule is CN(N=N)Oc1cccc(CNC(=O)c2cccc(NCc3nnc(-c4ccncn4)n3C)c2)c1. The minimum Gasteiger partial charge on any atom is -0.378 e. The summed E-state index contributed by atoms with van der Waals surface area (Å²) in [5.74, 6) is 1.68. The molecule has 2 aromatic heterocycles. The molecule has 0 spiro atoms. The molecule has 4 aromatic rings. The summed E-state index contributed by atoms with van der Waals surface area (Å²) >= 11 is 0. The zero-order chi connectivity index (χ0) is 24.6. The predicted octanol–water partition coefficient (Wildman–Crippen LogP) is 2.99. The molecule has 0 saturated carbocycles. The van der Waals surface area contributed by atoms with E-state index in [9.17, 15) is 4.79 Å². The monoisotopic (exact) mass is 472 g/mol. The Bertz CT molecular complexity index is 1310. The van der Waals surface area contributed by atoms with Crippen molar-refractivity contribution in [3.8, 4) is 17.3 Å². The van der Waals surface area contributed by atoms with Crippen LogP contribution in [0.2, 0.25) is 0 Å². The Kier molecular flexibility index (Phi) is 7.21. The lowest BCUT2D eigenvalue weighted by Gasteiger charge is -2.13. The van der Waals surface area contributed by atoms with Crippen LogP contribution in [0.25, 0.3) is 11.5 Å². The number of hydrogen-bond acceptors (Lipinski definition) is 9. The molecule has 35 heavy (non-hydrogen) atoms. The third-order valence-electron chi connectivity index (χ3n) is 5.08. The van der Waals surface area contributed by atoms with Gasteiger partial charge in [0.1, 0.15) is 12.0 Å². The number of rotatable bonds is 10. The van der Waals surface area contributed by atoms with Crippen molar-refractivity contribution in [2.45, 2.75) is 13.1 Å². The zero-order valence-electron chi connectivity index (χ0n) is 19.2. The molecule has 2 aromatic carbocycles. The minimum absolute atomic E-state index is 0.206. The highest BCUT2D eigenvalue weighted by molar-refractivity contribution is 5.95. The number of nitrogens with zero attached hydrogens (tertiary/aromatic N) is 7. The Balaban J connectivity index is 1.35. The van der Waals surface area contributed by atoms with E-state index < -0.39 is 0 Å². The molecule has 0 fully saturated rings. The van der Waals surface area contributed by atoms with E-state index in [1.54, 1.807) is 36.5 Å². The highest BCUT2D eigenvalue weighted by Gasteiger charge is 2.12. The van der Waals surface area contributed by atoms with E-state index in [2.05, 4.69) is 36.0 Å². The van der Waals surface area contributed by atoms with Crippen molar-refractivity contribution in [2.24, 2.45) is 12.3 Å². The summed E-state index contributed by atoms with van der Waals surface area (Å²) in [5.41, 5.74) is 9.78. The van der Waals surface area contributed by atoms with Crippen LogP contribution >= 0.6 is 0 Å². The van der Waals surface area contributed by atoms with Crippen LogP contribution in [0, 0.1) is 5.53 Å². The maximum absolute atomic E-state index is 12.7. The lowest BCUT2D eigenvalue weighted by molar-refractivity contribution is -0.0416. The molecule has 12 heteroatoms. The normalized spacial score (nSPS) is 10.5. The number of hydroxylamine groups is 1. The van der Waals surface area contributed by atoms with Gasteiger partial charge in [-0.1, -0.05) is 18.2 Å². The van der Waals surface area contributed by atoms with E-state index in [0.29, 0.717) is 35.9 Å². The molecule has 4 rings (SSSR count). The molecule has 178 valence electrons. The van der Waals surface area contributed by atoms with Gasteiger partial charge in [0.2, 0.25) is 0 Å². The molecule has 0 atom stereocenters. The van der Waals surface area contributed by atoms with Gasteiger partial charge in [0.25, 0.3) is 5.91 Å². The smallest absolute Gasteiger partial charge is 0.251 e. The Morgan fingerprint density at radius 1 is 1.14 bits per heavy atom. The number of amides is 1. The van der Waals surface area contributed by atoms with Gasteiger partial charge in [-0.25, -0.2) is 9.97 Å². The van der Waals surface area contributed by atoms with Crippen LogP contribution in [0.5, 0.6) is 5.75 Å². The topological polar surface area (TPSA) is 146 Å². The summed E-state index contributed by atoms with van der Waals surface area (Å²) in [5, 5.41) is 18.8. The van der Waals surface area contributed by atoms with Crippen molar-refractivity contribution in [1.29, 1.82) is 5.53 Å². The molecular formula is C23H24N10O2. The molecular weight excluding hydrogens is 448 g/mol. The van der Waals surface area contributed by atoms with Gasteiger partial charge < -0.3 is 20.0 Å². The molecule has 0 aliphatic carbocycles. The van der Waals surface area contributed by atoms with Gasteiger partial charge in [0.05, 0.1) is 13.6 Å². The molecule has 3 N–H and O–H groups in total. The third kappa shape index (κ3) is 5.93. The largest absolute Gasteiger partial charge is 0.378 e. The van der Waals surface area contributed by atoms with Crippen molar-refractivity contribution in [3.63, 3.8) is 0 Å². The second-order valence-electron chi connectivity index (χ2n) is 7.51. The second-order valence-corrected chi connectivity index (χ2v) is 7.51. The Labute approximate surface area is 201 Å². The quantitative estimate of drug-likeness (QED) is 0.236. The van der Waals surface area contributed by atoms with Gasteiger partial charge in [0.15, 0.2) is 17.4 Å². The van der Waals surface area contributed by atoms with Crippen LogP contribution in [0.4, 0.5) is 5.69 Å². The standard InChI is InChI=1S/C23H24N10O2/c1-32-21(29-30-22(32)20-9-10-25-15-28-20)14-26-18-7-4-6-17(12-18)23(34)27-13-16-5-3-8-19(11-16)35-33(2)31-24/h3-12,15,24,26H,13-14H2,1-2H3,(H,27,34). The van der Waals surface area contributed by atoms with Crippen molar-refractivity contribution in [1.82, 2.24) is 35.2 Å². The number of nitrogens with one attached hydrogen (secondary N) is 3. The molecule has 0 aliphatic heterocycles. The molecule has 0 radical (unpaired) electrons. The molecule has 0 saturated heterocycles. The van der Waals surface area contributed by atoms with Crippen molar-refractivity contribution in [3.05, 3.63) is 84.1 Å². The van der Waals surface area contributed by atoms with Crippen LogP contribution in [0.3, 0.4) is 0 Å². The first-order chi connectivity index (χ1) is 17.0. The summed E-state index contributed by atoms with van der Waals surface area (Å²) in [6.07, 6.45) is 3.13. The van der Waals surface area contributed by atoms with E-state index in [1.807, 2.05) is 35.9 Å². The third-order valence-corrected chi connectivity index (χ3v) is 5.08. The van der Waals surface area contributed by atoms with E-state index in [0.717, 1.165) is 22.2 Å². The van der Waals surface area contributed by atoms with Crippen molar-refractivity contribution >= 4 is 11.6 Å². The average Bonchev–Trinajstić information content (AvgIpc) is 3.27. The van der Waals surface area contributed by atoms with Gasteiger partial charge >= 0.3 is 0 Å². The summed E-state index contributed by atoms with van der Waals surface area (Å²) in [7, 11) is 3.39. The van der Waals surface area contributed by atoms with E-state index >= 15 is 0 Å². The Morgan fingerprint density at radius 2 is 2.00 bits per heavy atom. The predicted molar refractivity (Wildman–Crippen MR) is 127 cm³/mol. The number of carbonyl (C=O) groups is 1. The first-order valence-electron chi connectivity index (χ1n) is 10.7. The fourth-order valence-corrected chi connectivity index (χ4v) is 3.28. The fraction of sp³-hybridized carbons (Fsp3) is 0.174. The number of aromatic nitrogens is 5. The number of anilines is 1. The highest BCUT2D eigenvalue weighted by atomic mass is 16.7. The zero-order valence-corrected chi connectivity index (χ0v) is 19.2. The first-order valence-corrected chi connectivity index (χ1v) is 10.7. The molecule has 0 bridgehead atoms. The van der Waals surface area contributed by atoms with Crippen LogP contribution in [-0.2, 0) is 20.1 Å². The van der Waals surface area contributed by atoms with Crippen LogP contribution < -0.4 is 15.5 Å². The van der Waals surface area contributed by atoms with E-state index in [1.165, 1.54) is 13.4 Å². The maximum Gasteiger partial charge on any atom is 0.251 e. The number of hydrogen-bond donors (Lipinski definition) is 3. The van der Waals surface area contributed by atoms with Gasteiger partial charge in [0, 0.05) is 31.0 Å². The average molecular weight is 473 g/mol. The van der Waals surface area contributed by atoms with Gasteiger partial charge in [-0.3, -0.25) is 4.79 Å². The lowest BCUT2D eigenvalue weighted by Crippen LogP contribution is -2.23. The first kappa shape index (κ1) is 23.3. The maximum atomic E-state index is 12.7. The molecule has 1 amide bonds. The van der Waals surface area contributed by atoms with Crippen LogP contribution in [-0.4, -0.2) is 42.9 Å². The van der Waals surface area contributed by atoms with Gasteiger partial charge in [-0.2, -0.15) is 5.53 Å². The second kappa shape index (κ2) is 10.8. The molecule has 2 heterocycles. The van der Waals surface area contributed by atoms with Gasteiger partial charge in [-0.05, 0) is 47.2 Å². The molecule has 12 nitrogen and oxygen atoms in total. The number of benzene rings is 2. The van der Waals surface area contributed by atoms with Crippen LogP contribution in [0.1, 0.15) is 21.7 Å². The van der Waals surface area contributed by atoms with Crippen molar-refractivity contribution in [2.75, 3.05) is 12.4 Å². The summed E-state index contributed by atoms with van der Waals surface area (Å²) in [4.78, 5) is 26.2.